The number of aryl methyl sites for hydroxylation is 1. The van der Waals surface area contributed by atoms with Gasteiger partial charge >= 0.3 is 0 Å². The quantitative estimate of drug-likeness (QED) is 0.187. The Morgan fingerprint density at radius 3 is 2.39 bits per heavy atom. The highest BCUT2D eigenvalue weighted by Gasteiger charge is 2.04. The van der Waals surface area contributed by atoms with Gasteiger partial charge in [0, 0.05) is 26.2 Å². The van der Waals surface area contributed by atoms with Crippen LogP contribution in [0.3, 0.4) is 0 Å². The van der Waals surface area contributed by atoms with Gasteiger partial charge < -0.3 is 20.7 Å². The van der Waals surface area contributed by atoms with Crippen LogP contribution < -0.4 is 20.7 Å². The second-order valence-corrected chi connectivity index (χ2v) is 6.89. The Hall–Kier alpha value is -2.36. The molecule has 0 aromatic heterocycles. The molecule has 0 aliphatic carbocycles. The van der Waals surface area contributed by atoms with Gasteiger partial charge in [0.1, 0.15) is 11.6 Å². The third-order valence-corrected chi connectivity index (χ3v) is 4.50. The molecule has 0 spiro atoms. The molecule has 0 unspecified atom stereocenters. The fourth-order valence-corrected chi connectivity index (χ4v) is 2.89. The maximum absolute atomic E-state index is 12.9. The van der Waals surface area contributed by atoms with Crippen molar-refractivity contribution in [2.75, 3.05) is 33.3 Å². The molecular formula is C23H32FIN4O2. The molecule has 2 aromatic rings. The number of rotatable bonds is 10. The molecule has 170 valence electrons. The Morgan fingerprint density at radius 2 is 1.71 bits per heavy atom. The lowest BCUT2D eigenvalue weighted by atomic mass is 10.1. The summed E-state index contributed by atoms with van der Waals surface area (Å²) in [5.74, 6) is 1.20. The molecule has 0 fully saturated rings. The van der Waals surface area contributed by atoms with Gasteiger partial charge in [0.2, 0.25) is 5.91 Å². The van der Waals surface area contributed by atoms with Crippen molar-refractivity contribution in [2.24, 2.45) is 4.99 Å². The number of benzene rings is 2. The van der Waals surface area contributed by atoms with Gasteiger partial charge in [0.15, 0.2) is 5.96 Å². The lowest BCUT2D eigenvalue weighted by Crippen LogP contribution is -2.41. The number of hydrogen-bond acceptors (Lipinski definition) is 3. The number of halogens is 2. The Morgan fingerprint density at radius 1 is 1.03 bits per heavy atom. The molecule has 0 atom stereocenters. The molecule has 0 radical (unpaired) electrons. The third-order valence-electron chi connectivity index (χ3n) is 4.50. The summed E-state index contributed by atoms with van der Waals surface area (Å²) >= 11 is 0. The zero-order valence-electron chi connectivity index (χ0n) is 18.3. The Kier molecular flexibility index (Phi) is 12.6. The molecule has 31 heavy (non-hydrogen) atoms. The highest BCUT2D eigenvalue weighted by Crippen LogP contribution is 2.19. The van der Waals surface area contributed by atoms with Crippen molar-refractivity contribution in [1.82, 2.24) is 16.0 Å². The predicted octanol–water partition coefficient (Wildman–Crippen LogP) is 3.22. The van der Waals surface area contributed by atoms with Gasteiger partial charge in [-0.3, -0.25) is 9.79 Å². The molecule has 1 amide bonds. The number of nitrogens with zero attached hydrogens (tertiary/aromatic N) is 1. The Labute approximate surface area is 201 Å². The van der Waals surface area contributed by atoms with E-state index in [1.54, 1.807) is 19.2 Å². The second-order valence-electron chi connectivity index (χ2n) is 6.89. The first-order valence-corrected chi connectivity index (χ1v) is 10.2. The van der Waals surface area contributed by atoms with E-state index < -0.39 is 0 Å². The minimum atomic E-state index is -0.305. The van der Waals surface area contributed by atoms with Crippen LogP contribution in [-0.2, 0) is 17.6 Å². The first kappa shape index (κ1) is 26.7. The van der Waals surface area contributed by atoms with E-state index in [9.17, 15) is 9.18 Å². The van der Waals surface area contributed by atoms with E-state index in [4.69, 9.17) is 4.74 Å². The highest BCUT2D eigenvalue weighted by atomic mass is 127. The summed E-state index contributed by atoms with van der Waals surface area (Å²) in [7, 11) is 1.68. The largest absolute Gasteiger partial charge is 0.496 e. The van der Waals surface area contributed by atoms with E-state index in [0.717, 1.165) is 29.8 Å². The molecule has 6 nitrogen and oxygen atoms in total. The number of hydrogen-bond donors (Lipinski definition) is 3. The SMILES string of the molecule is CCNC(=NCCc1ccc(C)c(OC)c1)NCCNC(=O)Cc1ccc(F)cc1.I. The summed E-state index contributed by atoms with van der Waals surface area (Å²) < 4.78 is 18.3. The number of carbonyl (C=O) groups excluding carboxylic acids is 1. The fourth-order valence-electron chi connectivity index (χ4n) is 2.89. The normalized spacial score (nSPS) is 10.8. The number of guanidine groups is 1. The monoisotopic (exact) mass is 542 g/mol. The van der Waals surface area contributed by atoms with Gasteiger partial charge in [-0.1, -0.05) is 24.3 Å². The van der Waals surface area contributed by atoms with Gasteiger partial charge in [-0.05, 0) is 55.2 Å². The van der Waals surface area contributed by atoms with Crippen LogP contribution in [0.5, 0.6) is 5.75 Å². The molecule has 0 bridgehead atoms. The molecule has 8 heteroatoms. The topological polar surface area (TPSA) is 74.8 Å². The first-order chi connectivity index (χ1) is 14.5. The zero-order valence-corrected chi connectivity index (χ0v) is 20.7. The number of amides is 1. The molecule has 0 saturated heterocycles. The van der Waals surface area contributed by atoms with Crippen LogP contribution in [0, 0.1) is 12.7 Å². The van der Waals surface area contributed by atoms with Crippen molar-refractivity contribution < 1.29 is 13.9 Å². The summed E-state index contributed by atoms with van der Waals surface area (Å²) in [4.78, 5) is 16.6. The highest BCUT2D eigenvalue weighted by molar-refractivity contribution is 14.0. The standard InChI is InChI=1S/C23H31FN4O2.HI/c1-4-25-23(27-12-11-19-6-5-17(2)21(15-19)30-3)28-14-13-26-22(29)16-18-7-9-20(24)10-8-18;/h5-10,15H,4,11-14,16H2,1-3H3,(H,26,29)(H2,25,27,28);1H. The number of aliphatic imine (C=N–C) groups is 1. The molecule has 0 aliphatic rings. The number of nitrogens with one attached hydrogen (secondary N) is 3. The second kappa shape index (κ2) is 14.6. The van der Waals surface area contributed by atoms with Crippen molar-refractivity contribution in [2.45, 2.75) is 26.7 Å². The van der Waals surface area contributed by atoms with Crippen molar-refractivity contribution in [3.8, 4) is 5.75 Å². The Balaban J connectivity index is 0.00000480. The summed E-state index contributed by atoms with van der Waals surface area (Å²) in [5.41, 5.74) is 3.07. The van der Waals surface area contributed by atoms with Gasteiger partial charge in [0.25, 0.3) is 0 Å². The van der Waals surface area contributed by atoms with Gasteiger partial charge in [-0.15, -0.1) is 24.0 Å². The summed E-state index contributed by atoms with van der Waals surface area (Å²) in [6, 6.07) is 12.1. The molecule has 0 saturated carbocycles. The van der Waals surface area contributed by atoms with Crippen LogP contribution in [-0.4, -0.2) is 45.2 Å². The summed E-state index contributed by atoms with van der Waals surface area (Å²) in [6.45, 7) is 6.44. The minimum Gasteiger partial charge on any atom is -0.496 e. The lowest BCUT2D eigenvalue weighted by Gasteiger charge is -2.12. The maximum atomic E-state index is 12.9. The van der Waals surface area contributed by atoms with Crippen molar-refractivity contribution in [1.29, 1.82) is 0 Å². The van der Waals surface area contributed by atoms with Crippen molar-refractivity contribution in [3.05, 3.63) is 65.0 Å². The van der Waals surface area contributed by atoms with Gasteiger partial charge in [-0.25, -0.2) is 4.39 Å². The lowest BCUT2D eigenvalue weighted by molar-refractivity contribution is -0.120. The fraction of sp³-hybridized carbons (Fsp3) is 0.391. The van der Waals surface area contributed by atoms with E-state index >= 15 is 0 Å². The summed E-state index contributed by atoms with van der Waals surface area (Å²) in [6.07, 6.45) is 1.04. The molecule has 2 rings (SSSR count). The van der Waals surface area contributed by atoms with E-state index in [-0.39, 0.29) is 42.1 Å². The maximum Gasteiger partial charge on any atom is 0.224 e. The van der Waals surface area contributed by atoms with Crippen molar-refractivity contribution in [3.63, 3.8) is 0 Å². The first-order valence-electron chi connectivity index (χ1n) is 10.2. The number of carbonyl (C=O) groups is 1. The minimum absolute atomic E-state index is 0. The van der Waals surface area contributed by atoms with Gasteiger partial charge in [-0.2, -0.15) is 0 Å². The summed E-state index contributed by atoms with van der Waals surface area (Å²) in [5, 5.41) is 9.27. The van der Waals surface area contributed by atoms with E-state index in [1.807, 2.05) is 19.9 Å². The third kappa shape index (κ3) is 9.99. The Bertz CT molecular complexity index is 844. The molecular weight excluding hydrogens is 510 g/mol. The van der Waals surface area contributed by atoms with E-state index in [0.29, 0.717) is 25.6 Å². The van der Waals surface area contributed by atoms with Crippen LogP contribution in [0.4, 0.5) is 4.39 Å². The van der Waals surface area contributed by atoms with Crippen LogP contribution in [0.15, 0.2) is 47.5 Å². The molecule has 0 heterocycles. The van der Waals surface area contributed by atoms with Crippen LogP contribution >= 0.6 is 24.0 Å². The van der Waals surface area contributed by atoms with E-state index in [1.165, 1.54) is 17.7 Å². The number of methoxy groups -OCH3 is 1. The average molecular weight is 542 g/mol. The molecule has 3 N–H and O–H groups in total. The molecule has 0 aliphatic heterocycles. The van der Waals surface area contributed by atoms with Crippen LogP contribution in [0.2, 0.25) is 0 Å². The predicted molar refractivity (Wildman–Crippen MR) is 134 cm³/mol. The molecule has 2 aromatic carbocycles. The average Bonchev–Trinajstić information content (AvgIpc) is 2.74. The van der Waals surface area contributed by atoms with E-state index in [2.05, 4.69) is 33.1 Å². The zero-order chi connectivity index (χ0) is 21.8. The van der Waals surface area contributed by atoms with Crippen molar-refractivity contribution >= 4 is 35.8 Å². The van der Waals surface area contributed by atoms with Crippen LogP contribution in [0.25, 0.3) is 0 Å². The number of ether oxygens (including phenoxy) is 1. The smallest absolute Gasteiger partial charge is 0.224 e. The van der Waals surface area contributed by atoms with Gasteiger partial charge in [0.05, 0.1) is 13.5 Å². The van der Waals surface area contributed by atoms with Crippen LogP contribution in [0.1, 0.15) is 23.6 Å².